The minimum atomic E-state index is -6.02. The Morgan fingerprint density at radius 1 is 1.12 bits per heavy atom. The van der Waals surface area contributed by atoms with E-state index in [9.17, 15) is 35.2 Å². The van der Waals surface area contributed by atoms with E-state index in [0.29, 0.717) is 5.75 Å². The number of ether oxygens (including phenoxy) is 2. The van der Waals surface area contributed by atoms with Gasteiger partial charge in [-0.1, -0.05) is 0 Å². The summed E-state index contributed by atoms with van der Waals surface area (Å²) in [5.41, 5.74) is -5.75. The van der Waals surface area contributed by atoms with Gasteiger partial charge in [-0.05, 0) is 12.1 Å². The third kappa shape index (κ3) is 4.33. The van der Waals surface area contributed by atoms with Gasteiger partial charge in [0.25, 0.3) is 10.1 Å². The molecule has 1 unspecified atom stereocenters. The second-order valence-electron chi connectivity index (χ2n) is 4.65. The summed E-state index contributed by atoms with van der Waals surface area (Å²) >= 11 is 0. The van der Waals surface area contributed by atoms with E-state index in [1.165, 1.54) is 6.07 Å². The molecular weight excluding hydrogens is 395 g/mol. The van der Waals surface area contributed by atoms with Crippen molar-refractivity contribution in [3.05, 3.63) is 23.4 Å². The summed E-state index contributed by atoms with van der Waals surface area (Å²) in [7, 11) is -10.5. The van der Waals surface area contributed by atoms with Gasteiger partial charge in [0.05, 0.1) is 4.90 Å². The Hall–Kier alpha value is -1.61. The lowest BCUT2D eigenvalue weighted by Crippen LogP contribution is -3.11. The fourth-order valence-electron chi connectivity index (χ4n) is 1.75. The fraction of sp³-hybridized carbons (Fsp3) is 0.455. The van der Waals surface area contributed by atoms with Crippen LogP contribution in [0, 0.1) is 5.21 Å². The number of fused-ring (bicyclic) bond motifs is 1. The number of hydroxylamine groups is 1. The van der Waals surface area contributed by atoms with Crippen LogP contribution in [-0.2, 0) is 24.3 Å². The molecule has 1 aliphatic heterocycles. The van der Waals surface area contributed by atoms with Crippen molar-refractivity contribution in [1.29, 1.82) is 0 Å². The van der Waals surface area contributed by atoms with Crippen molar-refractivity contribution in [2.45, 2.75) is 10.4 Å². The van der Waals surface area contributed by atoms with Gasteiger partial charge in [-0.2, -0.15) is 30.0 Å². The molecule has 1 atom stereocenters. The van der Waals surface area contributed by atoms with Crippen molar-refractivity contribution in [1.82, 2.24) is 0 Å². The molecule has 0 saturated carbocycles. The highest BCUT2D eigenvalue weighted by molar-refractivity contribution is 7.86. The smallest absolute Gasteiger partial charge is 0.549 e. The summed E-state index contributed by atoms with van der Waals surface area (Å²) in [6.45, 7) is -1.86. The predicted octanol–water partition coefficient (Wildman–Crippen LogP) is -0.605. The third-order valence-electron chi connectivity index (χ3n) is 2.95. The van der Waals surface area contributed by atoms with Crippen molar-refractivity contribution in [2.24, 2.45) is 0 Å². The Bertz CT molecular complexity index is 837. The molecule has 2 rings (SSSR count). The molecule has 1 aromatic carbocycles. The molecule has 0 fully saturated rings. The number of nitrogens with one attached hydrogen (secondary N) is 1. The van der Waals surface area contributed by atoms with E-state index in [-0.39, 0.29) is 23.9 Å². The van der Waals surface area contributed by atoms with E-state index in [2.05, 4.69) is 4.18 Å². The van der Waals surface area contributed by atoms with Crippen LogP contribution in [0.15, 0.2) is 23.1 Å². The molecule has 0 aromatic heterocycles. The number of rotatable bonds is 6. The maximum absolute atomic E-state index is 12.2. The monoisotopic (exact) mass is 407 g/mol. The molecule has 142 valence electrons. The largest absolute Gasteiger partial charge is 0.618 e. The zero-order valence-electron chi connectivity index (χ0n) is 12.3. The van der Waals surface area contributed by atoms with Crippen molar-refractivity contribution >= 4 is 20.1 Å². The summed E-state index contributed by atoms with van der Waals surface area (Å²) in [4.78, 5) is -0.386. The van der Waals surface area contributed by atoms with Crippen LogP contribution in [0.4, 0.5) is 13.2 Å². The maximum Gasteiger partial charge on any atom is 0.549 e. The highest BCUT2D eigenvalue weighted by Crippen LogP contribution is 2.32. The van der Waals surface area contributed by atoms with Crippen LogP contribution in [0.2, 0.25) is 0 Å². The summed E-state index contributed by atoms with van der Waals surface area (Å²) in [5.74, 6) is 0.434. The number of hydrogen-bond acceptors (Lipinski definition) is 8. The van der Waals surface area contributed by atoms with Crippen LogP contribution in [0.1, 0.15) is 0 Å². The van der Waals surface area contributed by atoms with Crippen LogP contribution < -0.4 is 13.9 Å². The predicted molar refractivity (Wildman–Crippen MR) is 74.7 cm³/mol. The average Bonchev–Trinajstić information content (AvgIpc) is 2.53. The zero-order valence-corrected chi connectivity index (χ0v) is 13.9. The molecule has 0 spiro atoms. The van der Waals surface area contributed by atoms with Crippen LogP contribution in [0.5, 0.6) is 11.5 Å². The number of alkyl halides is 3. The van der Waals surface area contributed by atoms with Crippen molar-refractivity contribution in [3.8, 4) is 11.5 Å². The highest BCUT2D eigenvalue weighted by atomic mass is 32.2. The lowest BCUT2D eigenvalue weighted by atomic mass is 10.3. The molecule has 1 heterocycles. The first-order valence-corrected chi connectivity index (χ1v) is 9.47. The van der Waals surface area contributed by atoms with Gasteiger partial charge in [0.2, 0.25) is 0 Å². The van der Waals surface area contributed by atoms with Gasteiger partial charge in [0.1, 0.15) is 26.4 Å². The highest BCUT2D eigenvalue weighted by Gasteiger charge is 2.51. The van der Waals surface area contributed by atoms with Crippen LogP contribution >= 0.6 is 0 Å². The Morgan fingerprint density at radius 2 is 1.72 bits per heavy atom. The van der Waals surface area contributed by atoms with Crippen LogP contribution in [0.25, 0.3) is 0 Å². The van der Waals surface area contributed by atoms with Gasteiger partial charge in [0, 0.05) is 6.07 Å². The molecular formula is C11H12F3NO8S2. The van der Waals surface area contributed by atoms with Gasteiger partial charge in [-0.3, -0.25) is 8.65 Å². The number of halogens is 3. The second-order valence-corrected chi connectivity index (χ2v) is 8.19. The Kier molecular flexibility index (Phi) is 5.48. The zero-order chi connectivity index (χ0) is 18.9. The van der Waals surface area contributed by atoms with Gasteiger partial charge in [-0.25, -0.2) is 0 Å². The lowest BCUT2D eigenvalue weighted by Gasteiger charge is -2.22. The van der Waals surface area contributed by atoms with Crippen molar-refractivity contribution < 1.29 is 48.1 Å². The summed E-state index contributed by atoms with van der Waals surface area (Å²) in [5, 5.41) is 11.1. The lowest BCUT2D eigenvalue weighted by molar-refractivity contribution is -0.712. The molecule has 0 radical (unpaired) electrons. The van der Waals surface area contributed by atoms with Crippen molar-refractivity contribution in [3.63, 3.8) is 0 Å². The van der Waals surface area contributed by atoms with Gasteiger partial charge in [0.15, 0.2) is 11.5 Å². The quantitative estimate of drug-likeness (QED) is 0.490. The number of quaternary nitrogens is 1. The van der Waals surface area contributed by atoms with E-state index in [4.69, 9.17) is 9.47 Å². The summed E-state index contributed by atoms with van der Waals surface area (Å²) in [6, 6.07) is 3.49. The van der Waals surface area contributed by atoms with Gasteiger partial charge < -0.3 is 14.7 Å². The normalized spacial score (nSPS) is 16.5. The molecule has 0 saturated heterocycles. The first-order chi connectivity index (χ1) is 11.4. The SMILES string of the molecule is O=S(=O)(OCC[NH+]([O-])S(=O)(=O)C(F)(F)F)c1ccc2c(c1)OCCO2. The first kappa shape index (κ1) is 19.7. The topological polar surface area (TPSA) is 123 Å². The maximum atomic E-state index is 12.2. The molecule has 1 aliphatic rings. The molecule has 1 aromatic rings. The first-order valence-electron chi connectivity index (χ1n) is 6.58. The molecule has 0 bridgehead atoms. The molecule has 25 heavy (non-hydrogen) atoms. The summed E-state index contributed by atoms with van der Waals surface area (Å²) < 4.78 is 94.7. The Morgan fingerprint density at radius 3 is 2.32 bits per heavy atom. The second kappa shape index (κ2) is 6.95. The molecule has 9 nitrogen and oxygen atoms in total. The minimum absolute atomic E-state index is 0.131. The molecule has 0 aliphatic carbocycles. The number of hydrogen-bond donors (Lipinski definition) is 1. The minimum Gasteiger partial charge on any atom is -0.618 e. The standard InChI is InChI=1S/C11H12F3NO8S2/c12-11(13,14)25(19,20)15(16)3-4-23-24(17,18)8-1-2-9-10(7-8)22-6-5-21-9/h1-2,7,15H,3-6H2. The van der Waals surface area contributed by atoms with E-state index in [0.717, 1.165) is 12.1 Å². The van der Waals surface area contributed by atoms with Gasteiger partial charge in [-0.15, -0.1) is 0 Å². The van der Waals surface area contributed by atoms with E-state index in [1.54, 1.807) is 0 Å². The van der Waals surface area contributed by atoms with E-state index in [1.807, 2.05) is 0 Å². The van der Waals surface area contributed by atoms with E-state index < -0.39 is 43.3 Å². The van der Waals surface area contributed by atoms with Crippen LogP contribution in [0.3, 0.4) is 0 Å². The molecule has 1 N–H and O–H groups in total. The van der Waals surface area contributed by atoms with Crippen molar-refractivity contribution in [2.75, 3.05) is 26.4 Å². The van der Waals surface area contributed by atoms with E-state index >= 15 is 0 Å². The Balaban J connectivity index is 2.03. The Labute approximate surface area is 140 Å². The van der Waals surface area contributed by atoms with Gasteiger partial charge >= 0.3 is 15.5 Å². The summed E-state index contributed by atoms with van der Waals surface area (Å²) in [6.07, 6.45) is 0. The fourth-order valence-corrected chi connectivity index (χ4v) is 3.28. The van der Waals surface area contributed by atoms with Crippen LogP contribution in [-0.4, -0.2) is 48.7 Å². The number of sulfonamides is 1. The number of benzene rings is 1. The molecule has 0 amide bonds. The third-order valence-corrected chi connectivity index (χ3v) is 5.67. The average molecular weight is 407 g/mol. The molecule has 14 heteroatoms.